The van der Waals surface area contributed by atoms with Crippen LogP contribution in [-0.2, 0) is 27.9 Å². The fourth-order valence-electron chi connectivity index (χ4n) is 2.61. The predicted octanol–water partition coefficient (Wildman–Crippen LogP) is 4.47. The molecule has 2 heterocycles. The molecule has 27 heavy (non-hydrogen) atoms. The molecular formula is C19H20N2O3S3. The van der Waals surface area contributed by atoms with Crippen LogP contribution in [-0.4, -0.2) is 18.6 Å². The zero-order valence-electron chi connectivity index (χ0n) is 15.0. The van der Waals surface area contributed by atoms with E-state index in [4.69, 9.17) is 0 Å². The molecule has 1 amide bonds. The number of sulfonamides is 1. The van der Waals surface area contributed by atoms with Gasteiger partial charge in [-0.25, -0.2) is 8.42 Å². The molecule has 0 bridgehead atoms. The van der Waals surface area contributed by atoms with E-state index in [-0.39, 0.29) is 10.8 Å². The number of nitrogens with one attached hydrogen (secondary N) is 1. The molecular weight excluding hydrogens is 400 g/mol. The van der Waals surface area contributed by atoms with E-state index < -0.39 is 10.0 Å². The van der Waals surface area contributed by atoms with Crippen LogP contribution >= 0.6 is 22.7 Å². The normalized spacial score (nSPS) is 11.7. The highest BCUT2D eigenvalue weighted by Gasteiger charge is 2.26. The maximum atomic E-state index is 13.4. The van der Waals surface area contributed by atoms with E-state index in [1.54, 1.807) is 12.1 Å². The van der Waals surface area contributed by atoms with Gasteiger partial charge in [0.1, 0.15) is 0 Å². The number of hydrogen-bond acceptors (Lipinski definition) is 5. The van der Waals surface area contributed by atoms with Gasteiger partial charge in [0.15, 0.2) is 0 Å². The van der Waals surface area contributed by atoms with Crippen molar-refractivity contribution in [3.05, 3.63) is 68.5 Å². The monoisotopic (exact) mass is 420 g/mol. The molecule has 2 aromatic heterocycles. The molecule has 5 nitrogen and oxygen atoms in total. The SMILES string of the molecule is CC(=O)Nc1cc(S(=O)(=O)N(Cc2cccs2)Cc2cccs2)ccc1C. The van der Waals surface area contributed by atoms with E-state index in [9.17, 15) is 13.2 Å². The fourth-order valence-corrected chi connectivity index (χ4v) is 5.64. The lowest BCUT2D eigenvalue weighted by Gasteiger charge is -2.22. The molecule has 1 N–H and O–H groups in total. The zero-order chi connectivity index (χ0) is 19.4. The molecule has 8 heteroatoms. The van der Waals surface area contributed by atoms with E-state index in [1.165, 1.54) is 40.0 Å². The lowest BCUT2D eigenvalue weighted by molar-refractivity contribution is -0.114. The first-order valence-electron chi connectivity index (χ1n) is 8.29. The van der Waals surface area contributed by atoms with Gasteiger partial charge >= 0.3 is 0 Å². The maximum absolute atomic E-state index is 13.4. The van der Waals surface area contributed by atoms with Gasteiger partial charge < -0.3 is 5.32 Å². The van der Waals surface area contributed by atoms with Crippen molar-refractivity contribution >= 4 is 44.3 Å². The first-order chi connectivity index (χ1) is 12.9. The lowest BCUT2D eigenvalue weighted by atomic mass is 10.2. The molecule has 0 spiro atoms. The minimum Gasteiger partial charge on any atom is -0.326 e. The number of rotatable bonds is 7. The minimum absolute atomic E-state index is 0.171. The second-order valence-corrected chi connectivity index (χ2v) is 10.1. The average molecular weight is 421 g/mol. The minimum atomic E-state index is -3.73. The summed E-state index contributed by atoms with van der Waals surface area (Å²) < 4.78 is 28.2. The largest absolute Gasteiger partial charge is 0.326 e. The summed E-state index contributed by atoms with van der Waals surface area (Å²) in [6, 6.07) is 12.5. The van der Waals surface area contributed by atoms with Crippen molar-refractivity contribution in [3.8, 4) is 0 Å². The highest BCUT2D eigenvalue weighted by atomic mass is 32.2. The highest BCUT2D eigenvalue weighted by Crippen LogP contribution is 2.27. The lowest BCUT2D eigenvalue weighted by Crippen LogP contribution is -2.29. The van der Waals surface area contributed by atoms with Crippen molar-refractivity contribution in [2.75, 3.05) is 5.32 Å². The average Bonchev–Trinajstić information content (AvgIpc) is 3.29. The molecule has 0 unspecified atom stereocenters. The molecule has 1 aromatic carbocycles. The Morgan fingerprint density at radius 2 is 1.63 bits per heavy atom. The summed E-state index contributed by atoms with van der Waals surface area (Å²) in [5.41, 5.74) is 1.32. The van der Waals surface area contributed by atoms with Gasteiger partial charge in [-0.05, 0) is 47.5 Å². The van der Waals surface area contributed by atoms with E-state index in [2.05, 4.69) is 5.32 Å². The van der Waals surface area contributed by atoms with Gasteiger partial charge in [0.05, 0.1) is 4.90 Å². The number of aryl methyl sites for hydroxylation is 1. The number of nitrogens with zero attached hydrogens (tertiary/aromatic N) is 1. The molecule has 3 rings (SSSR count). The van der Waals surface area contributed by atoms with Gasteiger partial charge in [0, 0.05) is 35.5 Å². The van der Waals surface area contributed by atoms with Crippen molar-refractivity contribution in [1.29, 1.82) is 0 Å². The van der Waals surface area contributed by atoms with Crippen molar-refractivity contribution in [2.24, 2.45) is 0 Å². The van der Waals surface area contributed by atoms with Crippen LogP contribution < -0.4 is 5.32 Å². The topological polar surface area (TPSA) is 66.5 Å². The fraction of sp³-hybridized carbons (Fsp3) is 0.211. The maximum Gasteiger partial charge on any atom is 0.243 e. The van der Waals surface area contributed by atoms with Gasteiger partial charge in [-0.3, -0.25) is 4.79 Å². The van der Waals surface area contributed by atoms with Crippen LogP contribution in [0.15, 0.2) is 58.1 Å². The Bertz CT molecular complexity index is 974. The summed E-state index contributed by atoms with van der Waals surface area (Å²) in [6.45, 7) is 3.85. The quantitative estimate of drug-likeness (QED) is 0.613. The first-order valence-corrected chi connectivity index (χ1v) is 11.5. The number of carbonyl (C=O) groups is 1. The Hall–Kier alpha value is -2.00. The standard InChI is InChI=1S/C19H20N2O3S3/c1-14-7-8-18(11-19(14)20-15(2)22)27(23,24)21(12-16-5-3-9-25-16)13-17-6-4-10-26-17/h3-11H,12-13H2,1-2H3,(H,20,22). The Morgan fingerprint density at radius 1 is 1.04 bits per heavy atom. The number of carbonyl (C=O) groups excluding carboxylic acids is 1. The number of benzene rings is 1. The van der Waals surface area contributed by atoms with Gasteiger partial charge in [-0.2, -0.15) is 4.31 Å². The number of amides is 1. The van der Waals surface area contributed by atoms with Gasteiger partial charge in [0.2, 0.25) is 15.9 Å². The first kappa shape index (κ1) is 19.8. The van der Waals surface area contributed by atoms with Crippen LogP contribution in [0.3, 0.4) is 0 Å². The Kier molecular flexibility index (Phi) is 6.11. The summed E-state index contributed by atoms with van der Waals surface area (Å²) >= 11 is 3.06. The molecule has 0 saturated heterocycles. The second kappa shape index (κ2) is 8.35. The van der Waals surface area contributed by atoms with Gasteiger partial charge in [0.25, 0.3) is 0 Å². The number of hydrogen-bond donors (Lipinski definition) is 1. The van der Waals surface area contributed by atoms with Crippen molar-refractivity contribution < 1.29 is 13.2 Å². The van der Waals surface area contributed by atoms with Crippen LogP contribution in [0.1, 0.15) is 22.2 Å². The van der Waals surface area contributed by atoms with Crippen LogP contribution in [0.25, 0.3) is 0 Å². The van der Waals surface area contributed by atoms with E-state index >= 15 is 0 Å². The summed E-state index contributed by atoms with van der Waals surface area (Å²) in [7, 11) is -3.73. The predicted molar refractivity (Wildman–Crippen MR) is 111 cm³/mol. The summed E-state index contributed by atoms with van der Waals surface area (Å²) in [4.78, 5) is 13.5. The molecule has 0 radical (unpaired) electrons. The third-order valence-corrected chi connectivity index (χ3v) is 7.49. The van der Waals surface area contributed by atoms with Crippen molar-refractivity contribution in [1.82, 2.24) is 4.31 Å². The number of anilines is 1. The van der Waals surface area contributed by atoms with Crippen molar-refractivity contribution in [2.45, 2.75) is 31.8 Å². The molecule has 0 aliphatic rings. The second-order valence-electron chi connectivity index (χ2n) is 6.09. The third kappa shape index (κ3) is 4.84. The van der Waals surface area contributed by atoms with E-state index in [0.717, 1.165) is 15.3 Å². The summed E-state index contributed by atoms with van der Waals surface area (Å²) in [5, 5.41) is 6.57. The Balaban J connectivity index is 1.97. The van der Waals surface area contributed by atoms with Gasteiger partial charge in [-0.1, -0.05) is 18.2 Å². The van der Waals surface area contributed by atoms with Gasteiger partial charge in [-0.15, -0.1) is 22.7 Å². The van der Waals surface area contributed by atoms with Crippen LogP contribution in [0.2, 0.25) is 0 Å². The summed E-state index contributed by atoms with van der Waals surface area (Å²) in [6.07, 6.45) is 0. The van der Waals surface area contributed by atoms with E-state index in [0.29, 0.717) is 18.8 Å². The van der Waals surface area contributed by atoms with Crippen molar-refractivity contribution in [3.63, 3.8) is 0 Å². The molecule has 0 fully saturated rings. The van der Waals surface area contributed by atoms with Crippen LogP contribution in [0.5, 0.6) is 0 Å². The Labute approximate surface area is 167 Å². The molecule has 3 aromatic rings. The third-order valence-electron chi connectivity index (χ3n) is 3.98. The van der Waals surface area contributed by atoms with Crippen LogP contribution in [0, 0.1) is 6.92 Å². The van der Waals surface area contributed by atoms with Crippen LogP contribution in [0.4, 0.5) is 5.69 Å². The Morgan fingerprint density at radius 3 is 2.11 bits per heavy atom. The van der Waals surface area contributed by atoms with E-state index in [1.807, 2.05) is 41.9 Å². The number of thiophene rings is 2. The zero-order valence-corrected chi connectivity index (χ0v) is 17.5. The molecule has 142 valence electrons. The molecule has 0 aliphatic heterocycles. The molecule has 0 aliphatic carbocycles. The molecule has 0 saturated carbocycles. The highest BCUT2D eigenvalue weighted by molar-refractivity contribution is 7.89. The molecule has 0 atom stereocenters. The summed E-state index contributed by atoms with van der Waals surface area (Å²) in [5.74, 6) is -0.235. The smallest absolute Gasteiger partial charge is 0.243 e.